The van der Waals surface area contributed by atoms with E-state index in [4.69, 9.17) is 154 Å². The van der Waals surface area contributed by atoms with E-state index in [0.717, 1.165) is 249 Å². The standard InChI is InChI=1S/C22H25Cl2N5O2.C22H25Cl2N5O.C21H23Cl2N5O2.C20H23Cl2N5O.C19H21Cl2N5O/c1-12-10-16(28-8-6-22(7-9-28)11-31-13(2)19(22)25)29-20(26-27-21(29)30)17(12)14-4-3-5-15(23)18(14)24;1-13-12-17(28-10-8-22(9-11-28)7-3-6-16(22)25)29-20(26-27-21(29)30)18(13)14-4-2-5-15(23)19(14)24;1-12-9-16(27-7-5-21(6-8-27)11-30-10-15(21)24)28-19(25-26-20(28)29)17(12)13-3-2-4-14(22)18(13)23;1-12-10-15(26-8-6-20(2,11-23)7-9-26)27-18(24-25-19(27)28)16(12)13-4-3-5-14(21)17(13)22;1-11-10-14(25-8-6-19(2,22)7-9-25)26-17(23-24-18(26)27)15(11)12-4-3-5-13(20)16(12)21/h3-5,10,13,19H,6-9,11,25H2,1-2H3,(H,27,30);2,4-5,12,16H,3,6-11,25H2,1H3,(H,27,30);2-4,9,15H,5-8,10-11,24H2,1H3,(H,26,29);3-5,10H,6-9,11,23H2,1-2H3,(H,25,28);3-5,10H,6-9,22H2,1-2H3,(H,24,27). The van der Waals surface area contributed by atoms with Gasteiger partial charge in [0.1, 0.15) is 29.1 Å². The fourth-order valence-corrected chi connectivity index (χ4v) is 24.9. The molecule has 4 atom stereocenters. The topological polar surface area (TPSA) is 416 Å². The van der Waals surface area contributed by atoms with Crippen molar-refractivity contribution in [3.63, 3.8) is 0 Å². The average molecular weight is 2180 g/mol. The van der Waals surface area contributed by atoms with Crippen molar-refractivity contribution in [3.05, 3.63) is 252 Å². The lowest BCUT2D eigenvalue weighted by atomic mass is 9.73. The Bertz CT molecular complexity index is 7670. The summed E-state index contributed by atoms with van der Waals surface area (Å²) in [5, 5.41) is 39.2. The number of aryl methyl sites for hydroxylation is 5. The number of rotatable bonds is 11. The minimum atomic E-state index is -0.279. The number of hydrogen-bond donors (Lipinski definition) is 10. The van der Waals surface area contributed by atoms with Gasteiger partial charge in [0.25, 0.3) is 0 Å². The second-order valence-electron chi connectivity index (χ2n) is 41.1. The number of aromatic amines is 5. The molecule has 15 aromatic rings. The van der Waals surface area contributed by atoms with E-state index in [2.05, 4.69) is 95.4 Å². The normalized spacial score (nSPS) is 19.9. The Labute approximate surface area is 891 Å². The van der Waals surface area contributed by atoms with E-state index in [1.807, 2.05) is 126 Å². The van der Waals surface area contributed by atoms with E-state index in [1.165, 1.54) is 12.8 Å². The van der Waals surface area contributed by atoms with Crippen LogP contribution in [-0.4, -0.2) is 195 Å². The second-order valence-corrected chi connectivity index (χ2v) is 45.0. The number of fused-ring (bicyclic) bond motifs is 5. The molecule has 7 saturated heterocycles. The first kappa shape index (κ1) is 104. The van der Waals surface area contributed by atoms with Crippen molar-refractivity contribution < 1.29 is 9.47 Å². The highest BCUT2D eigenvalue weighted by Gasteiger charge is 2.50. The first-order valence-electron chi connectivity index (χ1n) is 49.2. The van der Waals surface area contributed by atoms with Gasteiger partial charge in [-0.2, -0.15) is 25.5 Å². The van der Waals surface area contributed by atoms with Crippen LogP contribution >= 0.6 is 116 Å². The van der Waals surface area contributed by atoms with E-state index in [0.29, 0.717) is 111 Å². The monoisotopic (exact) mass is 2180 g/mol. The number of halogens is 10. The summed E-state index contributed by atoms with van der Waals surface area (Å²) in [5.74, 6) is 4.17. The molecule has 42 heteroatoms. The maximum absolute atomic E-state index is 12.8. The van der Waals surface area contributed by atoms with Gasteiger partial charge in [0.2, 0.25) is 0 Å². The molecular formula is C104H117Cl10N25O7. The maximum Gasteiger partial charge on any atom is 0.349 e. The quantitative estimate of drug-likeness (QED) is 0.0575. The van der Waals surface area contributed by atoms with Gasteiger partial charge in [0, 0.05) is 156 Å². The molecule has 3 spiro atoms. The van der Waals surface area contributed by atoms with Gasteiger partial charge >= 0.3 is 28.4 Å². The van der Waals surface area contributed by atoms with Crippen LogP contribution in [0.4, 0.5) is 29.1 Å². The minimum Gasteiger partial charge on any atom is -0.379 e. The smallest absolute Gasteiger partial charge is 0.349 e. The number of nitrogens with two attached hydrogens (primary N) is 5. The lowest BCUT2D eigenvalue weighted by Gasteiger charge is -2.43. The largest absolute Gasteiger partial charge is 0.379 e. The number of pyridine rings is 5. The third kappa shape index (κ3) is 19.3. The van der Waals surface area contributed by atoms with Crippen LogP contribution in [0, 0.1) is 56.3 Å². The lowest BCUT2D eigenvalue weighted by Crippen LogP contribution is -2.51. The van der Waals surface area contributed by atoms with Gasteiger partial charge in [0.05, 0.1) is 76.2 Å². The van der Waals surface area contributed by atoms with E-state index in [9.17, 15) is 24.0 Å². The number of ether oxygens (including phenoxy) is 2. The Morgan fingerprint density at radius 1 is 0.356 bits per heavy atom. The van der Waals surface area contributed by atoms with Crippen molar-refractivity contribution in [1.82, 2.24) is 73.0 Å². The Kier molecular flexibility index (Phi) is 29.8. The molecule has 146 heavy (non-hydrogen) atoms. The first-order valence-corrected chi connectivity index (χ1v) is 53.0. The molecule has 8 aliphatic rings. The molecule has 8 fully saturated rings. The third-order valence-corrected chi connectivity index (χ3v) is 36.1. The van der Waals surface area contributed by atoms with E-state index in [1.54, 1.807) is 52.3 Å². The highest BCUT2D eigenvalue weighted by Crippen LogP contribution is 2.51. The van der Waals surface area contributed by atoms with Crippen LogP contribution in [-0.2, 0) is 9.47 Å². The van der Waals surface area contributed by atoms with Crippen molar-refractivity contribution in [3.8, 4) is 55.6 Å². The molecule has 1 saturated carbocycles. The van der Waals surface area contributed by atoms with Gasteiger partial charge in [0.15, 0.2) is 28.2 Å². The summed E-state index contributed by atoms with van der Waals surface area (Å²) in [5.41, 5.74) is 45.8. The number of anilines is 5. The van der Waals surface area contributed by atoms with Gasteiger partial charge in [-0.1, -0.05) is 190 Å². The molecule has 4 unspecified atom stereocenters. The number of piperidine rings is 5. The van der Waals surface area contributed by atoms with Crippen LogP contribution < -0.4 is 81.6 Å². The first-order chi connectivity index (χ1) is 69.8. The minimum absolute atomic E-state index is 0.0136. The fraction of sp³-hybridized carbons (Fsp3) is 0.423. The SMILES string of the molecule is Cc1cc(N2CCC(C)(CN)CC2)n2c(=O)[nH]nc2c1-c1cccc(Cl)c1Cl.Cc1cc(N2CCC(C)(N)CC2)n2c(=O)[nH]nc2c1-c1cccc(Cl)c1Cl.Cc1cc(N2CCC3(CC2)COC(C)C3N)n2c(=O)[nH]nc2c1-c1cccc(Cl)c1Cl.Cc1cc(N2CCC3(CC2)COCC3N)n2c(=O)[nH]nc2c1-c1cccc(Cl)c1Cl.Cc1cc(N2CCC3(CCCC3N)CC2)n2c(=O)[nH]nc2c1-c1cccc(Cl)c1Cl. The molecule has 5 aromatic carbocycles. The summed E-state index contributed by atoms with van der Waals surface area (Å²) in [6.07, 6.45) is 13.2. The molecule has 17 heterocycles. The van der Waals surface area contributed by atoms with Crippen LogP contribution in [0.15, 0.2) is 145 Å². The average Bonchev–Trinajstić information content (AvgIpc) is 1.60. The zero-order chi connectivity index (χ0) is 103. The number of benzene rings is 5. The number of nitrogens with one attached hydrogen (secondary N) is 5. The van der Waals surface area contributed by atoms with Crippen molar-refractivity contribution >= 4 is 173 Å². The van der Waals surface area contributed by atoms with Crippen LogP contribution in [0.25, 0.3) is 83.9 Å². The van der Waals surface area contributed by atoms with Crippen molar-refractivity contribution in [1.29, 1.82) is 0 Å². The molecule has 23 rings (SSSR count). The van der Waals surface area contributed by atoms with Crippen molar-refractivity contribution in [2.24, 2.45) is 50.3 Å². The summed E-state index contributed by atoms with van der Waals surface area (Å²) in [6.45, 7) is 27.3. The fourth-order valence-electron chi connectivity index (χ4n) is 22.9. The van der Waals surface area contributed by atoms with Gasteiger partial charge in [-0.15, -0.1) is 0 Å². The molecule has 0 radical (unpaired) electrons. The highest BCUT2D eigenvalue weighted by atomic mass is 35.5. The highest BCUT2D eigenvalue weighted by molar-refractivity contribution is 6.46. The molecule has 10 aromatic heterocycles. The summed E-state index contributed by atoms with van der Waals surface area (Å²) in [6, 6.07) is 38.0. The summed E-state index contributed by atoms with van der Waals surface area (Å²) in [4.78, 5) is 74.5. The van der Waals surface area contributed by atoms with Crippen LogP contribution in [0.5, 0.6) is 0 Å². The van der Waals surface area contributed by atoms with E-state index < -0.39 is 0 Å². The summed E-state index contributed by atoms with van der Waals surface area (Å²) in [7, 11) is 0. The Morgan fingerprint density at radius 2 is 0.616 bits per heavy atom. The molecule has 0 amide bonds. The van der Waals surface area contributed by atoms with Crippen molar-refractivity contribution in [2.45, 2.75) is 169 Å². The zero-order valence-electron chi connectivity index (χ0n) is 82.2. The lowest BCUT2D eigenvalue weighted by molar-refractivity contribution is 0.0974. The molecule has 0 bridgehead atoms. The third-order valence-electron chi connectivity index (χ3n) is 32.0. The van der Waals surface area contributed by atoms with E-state index >= 15 is 0 Å². The summed E-state index contributed by atoms with van der Waals surface area (Å²) >= 11 is 63.6. The van der Waals surface area contributed by atoms with Gasteiger partial charge in [-0.3, -0.25) is 0 Å². The van der Waals surface area contributed by atoms with Gasteiger partial charge in [-0.05, 0) is 231 Å². The Hall–Kier alpha value is -10.2. The predicted octanol–water partition coefficient (Wildman–Crippen LogP) is 18.8. The maximum atomic E-state index is 12.8. The molecular weight excluding hydrogens is 2070 g/mol. The Balaban J connectivity index is 0.000000115. The second kappa shape index (κ2) is 41.6. The van der Waals surface area contributed by atoms with E-state index in [-0.39, 0.29) is 73.8 Å². The molecule has 32 nitrogen and oxygen atoms in total. The number of hydrogen-bond acceptors (Lipinski definition) is 22. The predicted molar refractivity (Wildman–Crippen MR) is 588 cm³/mol. The molecule has 1 aliphatic carbocycles. The number of H-pyrrole nitrogens is 5. The zero-order valence-corrected chi connectivity index (χ0v) is 89.7. The van der Waals surface area contributed by atoms with Crippen LogP contribution in [0.3, 0.4) is 0 Å². The molecule has 770 valence electrons. The van der Waals surface area contributed by atoms with Crippen LogP contribution in [0.2, 0.25) is 50.2 Å². The molecule has 7 aliphatic heterocycles. The van der Waals surface area contributed by atoms with Crippen LogP contribution in [0.1, 0.15) is 132 Å². The van der Waals surface area contributed by atoms with Gasteiger partial charge in [-0.25, -0.2) is 71.5 Å². The van der Waals surface area contributed by atoms with Crippen molar-refractivity contribution in [2.75, 3.05) is 116 Å². The number of aromatic nitrogens is 15. The number of nitrogens with zero attached hydrogens (tertiary/aromatic N) is 15. The van der Waals surface area contributed by atoms with Gasteiger partial charge < -0.3 is 62.6 Å². The Morgan fingerprint density at radius 3 is 0.856 bits per heavy atom. The summed E-state index contributed by atoms with van der Waals surface area (Å²) < 4.78 is 19.6. The molecule has 15 N–H and O–H groups in total.